The zero-order valence-corrected chi connectivity index (χ0v) is 16.8. The first-order valence-corrected chi connectivity index (χ1v) is 8.93. The van der Waals surface area contributed by atoms with Gasteiger partial charge in [0.05, 0.1) is 30.9 Å². The summed E-state index contributed by atoms with van der Waals surface area (Å²) >= 11 is 0.553. The van der Waals surface area contributed by atoms with Crippen molar-refractivity contribution < 1.29 is 50.2 Å². The van der Waals surface area contributed by atoms with Crippen LogP contribution in [0.3, 0.4) is 0 Å². The molecule has 0 saturated heterocycles. The van der Waals surface area contributed by atoms with Crippen LogP contribution in [0.25, 0.3) is 0 Å². The summed E-state index contributed by atoms with van der Waals surface area (Å²) < 4.78 is 87.2. The largest absolute Gasteiger partial charge is 0.465 e. The lowest BCUT2D eigenvalue weighted by atomic mass is 10.0. The minimum absolute atomic E-state index is 0.0547. The summed E-state index contributed by atoms with van der Waals surface area (Å²) in [6.45, 7) is 1.33. The maximum atomic E-state index is 13.0. The van der Waals surface area contributed by atoms with Crippen LogP contribution in [-0.4, -0.2) is 32.1 Å². The molecule has 0 unspecified atom stereocenters. The maximum Gasteiger partial charge on any atom is 0.416 e. The number of carbonyl (C=O) groups is 3. The van der Waals surface area contributed by atoms with E-state index in [1.807, 2.05) is 0 Å². The van der Waals surface area contributed by atoms with Gasteiger partial charge in [-0.3, -0.25) is 4.79 Å². The number of esters is 2. The number of methoxy groups -OCH3 is 2. The van der Waals surface area contributed by atoms with Gasteiger partial charge in [0.2, 0.25) is 0 Å². The summed E-state index contributed by atoms with van der Waals surface area (Å²) in [5.41, 5.74) is -4.55. The smallest absolute Gasteiger partial charge is 0.416 e. The molecule has 0 spiro atoms. The normalized spacial score (nSPS) is 11.8. The fraction of sp³-hybridized carbons (Fsp3) is 0.278. The molecule has 0 aliphatic carbocycles. The first-order valence-electron chi connectivity index (χ1n) is 8.11. The van der Waals surface area contributed by atoms with Gasteiger partial charge in [0.1, 0.15) is 9.88 Å². The summed E-state index contributed by atoms with van der Waals surface area (Å²) in [4.78, 5) is 36.3. The van der Waals surface area contributed by atoms with Gasteiger partial charge in [-0.1, -0.05) is 0 Å². The van der Waals surface area contributed by atoms with Crippen molar-refractivity contribution in [1.29, 1.82) is 0 Å². The van der Waals surface area contributed by atoms with Gasteiger partial charge < -0.3 is 14.8 Å². The number of amides is 1. The van der Waals surface area contributed by atoms with E-state index in [1.165, 1.54) is 6.92 Å². The topological polar surface area (TPSA) is 81.7 Å². The van der Waals surface area contributed by atoms with Crippen LogP contribution in [0.4, 0.5) is 31.3 Å². The van der Waals surface area contributed by atoms with Gasteiger partial charge in [-0.05, 0) is 30.7 Å². The molecule has 31 heavy (non-hydrogen) atoms. The van der Waals surface area contributed by atoms with Gasteiger partial charge >= 0.3 is 24.3 Å². The van der Waals surface area contributed by atoms with E-state index in [2.05, 4.69) is 14.8 Å². The second-order valence-corrected chi connectivity index (χ2v) is 7.01. The first-order chi connectivity index (χ1) is 14.2. The molecular weight excluding hydrogens is 456 g/mol. The summed E-state index contributed by atoms with van der Waals surface area (Å²) in [6, 6.07) is 0.357. The van der Waals surface area contributed by atoms with Gasteiger partial charge in [-0.25, -0.2) is 9.59 Å². The Kier molecular flexibility index (Phi) is 6.69. The van der Waals surface area contributed by atoms with Gasteiger partial charge in [-0.2, -0.15) is 26.3 Å². The van der Waals surface area contributed by atoms with E-state index in [9.17, 15) is 40.7 Å². The molecule has 1 heterocycles. The van der Waals surface area contributed by atoms with Crippen molar-refractivity contribution in [3.05, 3.63) is 50.9 Å². The number of halogens is 6. The standard InChI is InChI=1S/C18H13F6NO5S/c1-7-11(15(27)29-2)14(31-12(7)16(28)30-3)25-13(26)8-4-9(17(19,20)21)6-10(5-8)18(22,23)24/h4-6H,1-3H3,(H,25,26). The molecule has 0 radical (unpaired) electrons. The summed E-state index contributed by atoms with van der Waals surface area (Å²) in [6.07, 6.45) is -10.3. The van der Waals surface area contributed by atoms with Crippen LogP contribution in [0.1, 0.15) is 47.1 Å². The fourth-order valence-electron chi connectivity index (χ4n) is 2.50. The molecule has 2 rings (SSSR count). The summed E-state index contributed by atoms with van der Waals surface area (Å²) in [5.74, 6) is -3.22. The molecule has 0 atom stereocenters. The molecular formula is C18H13F6NO5S. The minimum Gasteiger partial charge on any atom is -0.465 e. The van der Waals surface area contributed by atoms with Crippen molar-refractivity contribution in [1.82, 2.24) is 0 Å². The molecule has 1 aromatic carbocycles. The van der Waals surface area contributed by atoms with E-state index in [-0.39, 0.29) is 39.2 Å². The molecule has 2 aromatic rings. The van der Waals surface area contributed by atoms with Crippen LogP contribution >= 0.6 is 11.3 Å². The number of nitrogens with one attached hydrogen (secondary N) is 1. The number of carbonyl (C=O) groups excluding carboxylic acids is 3. The second-order valence-electron chi connectivity index (χ2n) is 5.99. The monoisotopic (exact) mass is 469 g/mol. The fourth-order valence-corrected chi connectivity index (χ4v) is 3.61. The Morgan fingerprint density at radius 2 is 1.35 bits per heavy atom. The summed E-state index contributed by atoms with van der Waals surface area (Å²) in [7, 11) is 2.06. The SMILES string of the molecule is COC(=O)c1sc(NC(=O)c2cc(C(F)(F)F)cc(C(F)(F)F)c2)c(C(=O)OC)c1C. The number of rotatable bonds is 4. The maximum absolute atomic E-state index is 13.0. The molecule has 13 heteroatoms. The van der Waals surface area contributed by atoms with Gasteiger partial charge in [0.15, 0.2) is 0 Å². The highest BCUT2D eigenvalue weighted by Gasteiger charge is 2.38. The molecule has 0 aliphatic heterocycles. The lowest BCUT2D eigenvalue weighted by Gasteiger charge is -2.14. The van der Waals surface area contributed by atoms with Crippen molar-refractivity contribution in [2.75, 3.05) is 19.5 Å². The third-order valence-corrected chi connectivity index (χ3v) is 5.17. The number of anilines is 1. The van der Waals surface area contributed by atoms with E-state index >= 15 is 0 Å². The third kappa shape index (κ3) is 5.16. The summed E-state index contributed by atoms with van der Waals surface area (Å²) in [5, 5.41) is 1.77. The molecule has 1 N–H and O–H groups in total. The highest BCUT2D eigenvalue weighted by Crippen LogP contribution is 2.38. The average molecular weight is 469 g/mol. The Morgan fingerprint density at radius 3 is 1.77 bits per heavy atom. The predicted molar refractivity (Wildman–Crippen MR) is 96.1 cm³/mol. The molecule has 1 amide bonds. The molecule has 6 nitrogen and oxygen atoms in total. The number of benzene rings is 1. The first kappa shape index (κ1) is 24.2. The molecule has 168 valence electrons. The number of thiophene rings is 1. The Bertz CT molecular complexity index is 1010. The highest BCUT2D eigenvalue weighted by molar-refractivity contribution is 7.18. The molecule has 0 fully saturated rings. The molecule has 1 aromatic heterocycles. The molecule has 0 aliphatic rings. The Labute approximate surface area is 174 Å². The van der Waals surface area contributed by atoms with Crippen LogP contribution in [0.5, 0.6) is 0 Å². The van der Waals surface area contributed by atoms with Gasteiger partial charge in [-0.15, -0.1) is 11.3 Å². The van der Waals surface area contributed by atoms with E-state index in [0.29, 0.717) is 11.3 Å². The quantitative estimate of drug-likeness (QED) is 0.508. The van der Waals surface area contributed by atoms with E-state index in [4.69, 9.17) is 0 Å². The molecule has 0 bridgehead atoms. The van der Waals surface area contributed by atoms with Gasteiger partial charge in [0.25, 0.3) is 5.91 Å². The Morgan fingerprint density at radius 1 is 0.871 bits per heavy atom. The predicted octanol–water partition coefficient (Wildman–Crippen LogP) is 4.92. The average Bonchev–Trinajstić information content (AvgIpc) is 3.00. The number of alkyl halides is 6. The zero-order valence-electron chi connectivity index (χ0n) is 15.9. The van der Waals surface area contributed by atoms with E-state index in [0.717, 1.165) is 14.2 Å². The van der Waals surface area contributed by atoms with Crippen molar-refractivity contribution in [2.45, 2.75) is 19.3 Å². The third-order valence-electron chi connectivity index (χ3n) is 3.98. The van der Waals surface area contributed by atoms with E-state index < -0.39 is 46.9 Å². The Balaban J connectivity index is 2.57. The van der Waals surface area contributed by atoms with Crippen LogP contribution in [0.2, 0.25) is 0 Å². The van der Waals surface area contributed by atoms with Crippen molar-refractivity contribution in [3.63, 3.8) is 0 Å². The van der Waals surface area contributed by atoms with Gasteiger partial charge in [0, 0.05) is 5.56 Å². The van der Waals surface area contributed by atoms with Crippen LogP contribution in [0, 0.1) is 6.92 Å². The Hall–Kier alpha value is -3.09. The van der Waals surface area contributed by atoms with Crippen molar-refractivity contribution in [2.24, 2.45) is 0 Å². The van der Waals surface area contributed by atoms with Crippen molar-refractivity contribution in [3.8, 4) is 0 Å². The lowest BCUT2D eigenvalue weighted by Crippen LogP contribution is -2.18. The second kappa shape index (κ2) is 8.57. The zero-order chi connectivity index (χ0) is 23.7. The molecule has 0 saturated carbocycles. The van der Waals surface area contributed by atoms with Crippen LogP contribution in [0.15, 0.2) is 18.2 Å². The number of hydrogen-bond acceptors (Lipinski definition) is 6. The van der Waals surface area contributed by atoms with E-state index in [1.54, 1.807) is 0 Å². The van der Waals surface area contributed by atoms with Crippen molar-refractivity contribution >= 4 is 34.2 Å². The minimum atomic E-state index is -5.15. The number of ether oxygens (including phenoxy) is 2. The van der Waals surface area contributed by atoms with Crippen LogP contribution in [-0.2, 0) is 21.8 Å². The number of hydrogen-bond donors (Lipinski definition) is 1. The van der Waals surface area contributed by atoms with Crippen LogP contribution < -0.4 is 5.32 Å². The highest BCUT2D eigenvalue weighted by atomic mass is 32.1. The lowest BCUT2D eigenvalue weighted by molar-refractivity contribution is -0.143.